The highest BCUT2D eigenvalue weighted by atomic mass is 32.3. The van der Waals surface area contributed by atoms with E-state index in [1.54, 1.807) is 0 Å². The van der Waals surface area contributed by atoms with Crippen LogP contribution in [0.25, 0.3) is 0 Å². The Morgan fingerprint density at radius 2 is 1.63 bits per heavy atom. The fourth-order valence-corrected chi connectivity index (χ4v) is 1.86. The third kappa shape index (κ3) is 17.5. The third-order valence-electron chi connectivity index (χ3n) is 2.36. The normalized spacial score (nSPS) is 14.5. The van der Waals surface area contributed by atoms with Gasteiger partial charge in [0.25, 0.3) is 0 Å². The molecule has 14 nitrogen and oxygen atoms in total. The maximum Gasteiger partial charge on any atom is 0.322 e. The smallest absolute Gasteiger partial charge is 0.322 e. The van der Waals surface area contributed by atoms with Crippen molar-refractivity contribution in [2.75, 3.05) is 12.3 Å². The number of rotatable bonds is 11. The van der Waals surface area contributed by atoms with E-state index in [0.717, 1.165) is 0 Å². The van der Waals surface area contributed by atoms with Crippen molar-refractivity contribution in [3.63, 3.8) is 0 Å². The summed E-state index contributed by atoms with van der Waals surface area (Å²) in [5, 5.41) is 21.4. The second kappa shape index (κ2) is 15.4. The first kappa shape index (κ1) is 27.6. The minimum absolute atomic E-state index is 0.0256. The Balaban J connectivity index is 0. The SMILES string of the molecule is N[C@@H](CCC(=O)N[C@@H](CS)C(=O)NCC(=O)O)C(=O)O.O=S(O)OS(=O)O. The molecule has 17 heteroatoms. The van der Waals surface area contributed by atoms with Crippen LogP contribution in [0.4, 0.5) is 0 Å². The van der Waals surface area contributed by atoms with Crippen LogP contribution in [0, 0.1) is 0 Å². The van der Waals surface area contributed by atoms with Crippen LogP contribution in [-0.4, -0.2) is 75.9 Å². The van der Waals surface area contributed by atoms with Crippen molar-refractivity contribution in [2.45, 2.75) is 24.9 Å². The van der Waals surface area contributed by atoms with Crippen LogP contribution in [0.1, 0.15) is 12.8 Å². The van der Waals surface area contributed by atoms with Crippen LogP contribution in [0.2, 0.25) is 0 Å². The van der Waals surface area contributed by atoms with E-state index in [2.05, 4.69) is 26.9 Å². The topological polar surface area (TPSA) is 243 Å². The highest BCUT2D eigenvalue weighted by Gasteiger charge is 2.20. The van der Waals surface area contributed by atoms with Gasteiger partial charge in [-0.2, -0.15) is 21.0 Å². The molecule has 27 heavy (non-hydrogen) atoms. The minimum atomic E-state index is -2.65. The molecule has 0 spiro atoms. The largest absolute Gasteiger partial charge is 0.480 e. The standard InChI is InChI=1S/C10H17N3O6S.H2O5S2/c11-5(10(18)19)1-2-7(14)13-6(4-20)9(17)12-3-8(15)16;1-6(2)5-7(3)4/h5-6,20H,1-4,11H2,(H,12,17)(H,13,14)(H,15,16)(H,18,19);(H,1,2)(H,3,4)/t5-,6-;/m0./s1. The van der Waals surface area contributed by atoms with E-state index >= 15 is 0 Å². The van der Waals surface area contributed by atoms with Crippen LogP contribution in [-0.2, 0) is 45.5 Å². The zero-order valence-corrected chi connectivity index (χ0v) is 16.0. The van der Waals surface area contributed by atoms with E-state index in [-0.39, 0.29) is 18.6 Å². The number of aliphatic carboxylic acids is 2. The average molecular weight is 453 g/mol. The molecule has 0 saturated heterocycles. The minimum Gasteiger partial charge on any atom is -0.480 e. The van der Waals surface area contributed by atoms with Gasteiger partial charge in [-0.3, -0.25) is 28.3 Å². The van der Waals surface area contributed by atoms with Crippen molar-refractivity contribution in [1.29, 1.82) is 0 Å². The molecule has 8 N–H and O–H groups in total. The molecule has 0 rings (SSSR count). The fraction of sp³-hybridized carbons (Fsp3) is 0.600. The predicted octanol–water partition coefficient (Wildman–Crippen LogP) is -2.93. The van der Waals surface area contributed by atoms with Gasteiger partial charge >= 0.3 is 34.7 Å². The van der Waals surface area contributed by atoms with Crippen LogP contribution in [0.5, 0.6) is 0 Å². The molecule has 0 aromatic rings. The monoisotopic (exact) mass is 453 g/mol. The van der Waals surface area contributed by atoms with Gasteiger partial charge in [-0.25, -0.2) is 0 Å². The average Bonchev–Trinajstić information content (AvgIpc) is 2.54. The lowest BCUT2D eigenvalue weighted by Crippen LogP contribution is -2.49. The van der Waals surface area contributed by atoms with Crippen LogP contribution in [0.3, 0.4) is 0 Å². The first-order valence-corrected chi connectivity index (χ1v) is 9.38. The lowest BCUT2D eigenvalue weighted by atomic mass is 10.1. The summed E-state index contributed by atoms with van der Waals surface area (Å²) in [6.45, 7) is -0.567. The number of amides is 2. The highest BCUT2D eigenvalue weighted by molar-refractivity contribution is 7.87. The molecule has 0 unspecified atom stereocenters. The molecule has 0 fully saturated rings. The molecule has 0 bridgehead atoms. The molecular weight excluding hydrogens is 434 g/mol. The maximum absolute atomic E-state index is 11.5. The Bertz CT molecular complexity index is 562. The third-order valence-corrected chi connectivity index (χ3v) is 3.66. The second-order valence-corrected chi connectivity index (χ2v) is 6.18. The van der Waals surface area contributed by atoms with Gasteiger partial charge in [-0.05, 0) is 6.42 Å². The summed E-state index contributed by atoms with van der Waals surface area (Å²) >= 11 is -1.42. The summed E-state index contributed by atoms with van der Waals surface area (Å²) in [7, 11) is 0. The lowest BCUT2D eigenvalue weighted by molar-refractivity contribution is -0.139. The Kier molecular flexibility index (Phi) is 15.8. The molecule has 0 aliphatic carbocycles. The van der Waals surface area contributed by atoms with Gasteiger partial charge in [0.2, 0.25) is 11.8 Å². The van der Waals surface area contributed by atoms with E-state index in [4.69, 9.17) is 25.1 Å². The predicted molar refractivity (Wildman–Crippen MR) is 93.9 cm³/mol. The van der Waals surface area contributed by atoms with Crippen molar-refractivity contribution < 1.29 is 50.5 Å². The first-order valence-electron chi connectivity index (χ1n) is 6.69. The molecule has 0 aliphatic rings. The van der Waals surface area contributed by atoms with Crippen molar-refractivity contribution in [3.05, 3.63) is 0 Å². The number of carbonyl (C=O) groups excluding carboxylic acids is 2. The van der Waals surface area contributed by atoms with Gasteiger partial charge in [-0.1, -0.05) is 0 Å². The molecule has 0 heterocycles. The number of nitrogens with one attached hydrogen (secondary N) is 2. The van der Waals surface area contributed by atoms with Gasteiger partial charge in [0, 0.05) is 12.2 Å². The van der Waals surface area contributed by atoms with Crippen LogP contribution in [0.15, 0.2) is 0 Å². The zero-order chi connectivity index (χ0) is 21.6. The number of thiol groups is 1. The van der Waals surface area contributed by atoms with Gasteiger partial charge in [0.15, 0.2) is 0 Å². The number of hydrogen-bond acceptors (Lipinski definition) is 9. The van der Waals surface area contributed by atoms with E-state index < -0.39 is 65.1 Å². The van der Waals surface area contributed by atoms with E-state index in [9.17, 15) is 27.6 Å². The van der Waals surface area contributed by atoms with Gasteiger partial charge in [0.05, 0.1) is 0 Å². The molecule has 0 aliphatic heterocycles. The van der Waals surface area contributed by atoms with E-state index in [0.29, 0.717) is 0 Å². The lowest BCUT2D eigenvalue weighted by Gasteiger charge is -2.16. The van der Waals surface area contributed by atoms with Gasteiger partial charge in [0.1, 0.15) is 18.6 Å². The van der Waals surface area contributed by atoms with Crippen molar-refractivity contribution in [2.24, 2.45) is 5.73 Å². The Labute approximate surface area is 163 Å². The maximum atomic E-state index is 11.5. The quantitative estimate of drug-likeness (QED) is 0.116. The van der Waals surface area contributed by atoms with Crippen LogP contribution >= 0.6 is 12.6 Å². The summed E-state index contributed by atoms with van der Waals surface area (Å²) in [5.41, 5.74) is 5.23. The molecule has 2 amide bonds. The number of nitrogens with two attached hydrogens (primary N) is 1. The summed E-state index contributed by atoms with van der Waals surface area (Å²) in [5.74, 6) is -3.70. The van der Waals surface area contributed by atoms with Crippen molar-refractivity contribution in [1.82, 2.24) is 10.6 Å². The molecule has 0 aromatic carbocycles. The molecule has 158 valence electrons. The van der Waals surface area contributed by atoms with Gasteiger partial charge in [-0.15, -0.1) is 3.63 Å². The first-order chi connectivity index (χ1) is 12.4. The summed E-state index contributed by atoms with van der Waals surface area (Å²) in [6, 6.07) is -2.15. The second-order valence-electron chi connectivity index (χ2n) is 4.40. The van der Waals surface area contributed by atoms with Crippen molar-refractivity contribution in [3.8, 4) is 0 Å². The summed E-state index contributed by atoms with van der Waals surface area (Å²) < 4.78 is 37.2. The molecule has 2 atom stereocenters. The number of carbonyl (C=O) groups is 4. The molecule has 0 radical (unpaired) electrons. The van der Waals surface area contributed by atoms with E-state index in [1.807, 2.05) is 0 Å². The molecular formula is C10H19N3O11S3. The summed E-state index contributed by atoms with van der Waals surface area (Å²) in [4.78, 5) is 43.7. The van der Waals surface area contributed by atoms with E-state index in [1.165, 1.54) is 0 Å². The van der Waals surface area contributed by atoms with Crippen molar-refractivity contribution >= 4 is 59.1 Å². The number of carboxylic acids is 2. The molecule has 0 saturated carbocycles. The number of carboxylic acid groups (broad SMARTS) is 2. The van der Waals surface area contributed by atoms with Gasteiger partial charge < -0.3 is 26.6 Å². The molecule has 0 aromatic heterocycles. The number of hydrogen-bond donors (Lipinski definition) is 8. The summed E-state index contributed by atoms with van der Waals surface area (Å²) in [6.07, 6.45) is -0.235. The highest BCUT2D eigenvalue weighted by Crippen LogP contribution is 1.97. The fourth-order valence-electron chi connectivity index (χ4n) is 1.21. The van der Waals surface area contributed by atoms with Crippen LogP contribution < -0.4 is 16.4 Å². The Morgan fingerprint density at radius 3 is 1.96 bits per heavy atom. The Hall–Kier alpha value is -1.63. The Morgan fingerprint density at radius 1 is 1.11 bits per heavy atom. The zero-order valence-electron chi connectivity index (χ0n) is 13.5.